The lowest BCUT2D eigenvalue weighted by molar-refractivity contribution is -0.142. The molecule has 118 valence electrons. The predicted molar refractivity (Wildman–Crippen MR) is 84.7 cm³/mol. The van der Waals surface area contributed by atoms with Crippen LogP contribution < -0.4 is 5.32 Å². The maximum absolute atomic E-state index is 13.1. The molecule has 2 rings (SSSR count). The van der Waals surface area contributed by atoms with Crippen LogP contribution in [0, 0.1) is 17.7 Å². The Bertz CT molecular complexity index is 696. The highest BCUT2D eigenvalue weighted by molar-refractivity contribution is 7.20. The molecular weight excluding hydrogens is 305 g/mol. The third-order valence-corrected chi connectivity index (χ3v) is 4.43. The van der Waals surface area contributed by atoms with Crippen molar-refractivity contribution in [3.05, 3.63) is 35.0 Å². The number of carbonyl (C=O) groups is 2. The lowest BCUT2D eigenvalue weighted by Crippen LogP contribution is -2.33. The van der Waals surface area contributed by atoms with Crippen LogP contribution in [-0.4, -0.2) is 23.5 Å². The number of hydrogen-bond acceptors (Lipinski definition) is 3. The van der Waals surface area contributed by atoms with Gasteiger partial charge in [0.2, 0.25) is 0 Å². The number of hydrogen-bond donors (Lipinski definition) is 2. The Morgan fingerprint density at radius 2 is 2.05 bits per heavy atom. The highest BCUT2D eigenvalue weighted by atomic mass is 32.1. The molecule has 22 heavy (non-hydrogen) atoms. The number of carboxylic acids is 1. The molecule has 1 atom stereocenters. The molecule has 1 aromatic carbocycles. The summed E-state index contributed by atoms with van der Waals surface area (Å²) >= 11 is 1.26. The monoisotopic (exact) mass is 323 g/mol. The molecule has 0 aliphatic heterocycles. The van der Waals surface area contributed by atoms with Gasteiger partial charge in [0.15, 0.2) is 0 Å². The molecule has 2 N–H and O–H groups in total. The molecule has 2 aromatic rings. The molecule has 4 nitrogen and oxygen atoms in total. The number of thiophene rings is 1. The quantitative estimate of drug-likeness (QED) is 0.855. The predicted octanol–water partition coefficient (Wildman–Crippen LogP) is 3.52. The van der Waals surface area contributed by atoms with Gasteiger partial charge in [-0.1, -0.05) is 13.8 Å². The normalized spacial score (nSPS) is 12.5. The number of benzene rings is 1. The van der Waals surface area contributed by atoms with Crippen LogP contribution in [0.2, 0.25) is 0 Å². The van der Waals surface area contributed by atoms with Gasteiger partial charge in [0, 0.05) is 11.2 Å². The first-order valence-electron chi connectivity index (χ1n) is 7.07. The molecule has 1 unspecified atom stereocenters. The minimum absolute atomic E-state index is 0.0922. The first-order chi connectivity index (χ1) is 10.4. The Labute approximate surface area is 132 Å². The fraction of sp³-hybridized carbons (Fsp3) is 0.375. The highest BCUT2D eigenvalue weighted by Crippen LogP contribution is 2.26. The molecule has 0 radical (unpaired) electrons. The van der Waals surface area contributed by atoms with E-state index in [2.05, 4.69) is 5.32 Å². The summed E-state index contributed by atoms with van der Waals surface area (Å²) in [6, 6.07) is 5.98. The minimum Gasteiger partial charge on any atom is -0.481 e. The van der Waals surface area contributed by atoms with Crippen LogP contribution in [0.1, 0.15) is 29.9 Å². The summed E-state index contributed by atoms with van der Waals surface area (Å²) in [5.74, 6) is -1.94. The van der Waals surface area contributed by atoms with E-state index >= 15 is 0 Å². The van der Waals surface area contributed by atoms with Gasteiger partial charge in [0.1, 0.15) is 5.82 Å². The van der Waals surface area contributed by atoms with E-state index in [1.165, 1.54) is 23.5 Å². The van der Waals surface area contributed by atoms with Gasteiger partial charge in [0.25, 0.3) is 5.91 Å². The molecule has 1 aromatic heterocycles. The fourth-order valence-corrected chi connectivity index (χ4v) is 3.23. The van der Waals surface area contributed by atoms with Crippen LogP contribution in [-0.2, 0) is 4.79 Å². The van der Waals surface area contributed by atoms with Crippen LogP contribution in [0.15, 0.2) is 24.3 Å². The Morgan fingerprint density at radius 3 is 2.68 bits per heavy atom. The molecule has 6 heteroatoms. The van der Waals surface area contributed by atoms with Gasteiger partial charge in [-0.05, 0) is 42.0 Å². The Balaban J connectivity index is 2.05. The van der Waals surface area contributed by atoms with Crippen molar-refractivity contribution in [3.63, 3.8) is 0 Å². The van der Waals surface area contributed by atoms with Gasteiger partial charge in [-0.2, -0.15) is 0 Å². The fourth-order valence-electron chi connectivity index (χ4n) is 2.27. The van der Waals surface area contributed by atoms with Crippen LogP contribution in [0.3, 0.4) is 0 Å². The van der Waals surface area contributed by atoms with E-state index in [-0.39, 0.29) is 24.2 Å². The average Bonchev–Trinajstić information content (AvgIpc) is 2.85. The van der Waals surface area contributed by atoms with Crippen molar-refractivity contribution in [2.75, 3.05) is 6.54 Å². The van der Waals surface area contributed by atoms with Gasteiger partial charge in [-0.25, -0.2) is 4.39 Å². The third-order valence-electron chi connectivity index (χ3n) is 3.32. The molecule has 1 amide bonds. The number of nitrogens with one attached hydrogen (secondary N) is 1. The van der Waals surface area contributed by atoms with E-state index in [4.69, 9.17) is 5.11 Å². The van der Waals surface area contributed by atoms with E-state index in [0.717, 1.165) is 4.70 Å². The molecule has 1 heterocycles. The molecule has 0 aliphatic rings. The van der Waals surface area contributed by atoms with Gasteiger partial charge < -0.3 is 10.4 Å². The van der Waals surface area contributed by atoms with E-state index in [1.54, 1.807) is 12.1 Å². The van der Waals surface area contributed by atoms with Crippen molar-refractivity contribution < 1.29 is 19.1 Å². The summed E-state index contributed by atoms with van der Waals surface area (Å²) in [7, 11) is 0. The van der Waals surface area contributed by atoms with Crippen molar-refractivity contribution in [2.24, 2.45) is 11.8 Å². The number of aliphatic carboxylic acids is 1. The molecule has 0 spiro atoms. The van der Waals surface area contributed by atoms with Crippen LogP contribution >= 0.6 is 11.3 Å². The molecule has 0 bridgehead atoms. The summed E-state index contributed by atoms with van der Waals surface area (Å²) in [4.78, 5) is 23.7. The Hall–Kier alpha value is -1.95. The Kier molecular flexibility index (Phi) is 5.13. The summed E-state index contributed by atoms with van der Waals surface area (Å²) in [6.45, 7) is 3.98. The van der Waals surface area contributed by atoms with Crippen molar-refractivity contribution in [1.82, 2.24) is 5.32 Å². The second kappa shape index (κ2) is 6.87. The standard InChI is InChI=1S/C16H18FNO3S/c1-9(2)5-11(16(20)21)8-18-15(19)14-7-10-6-12(17)3-4-13(10)22-14/h3-4,6-7,9,11H,5,8H2,1-2H3,(H,18,19)(H,20,21). The Morgan fingerprint density at radius 1 is 1.32 bits per heavy atom. The lowest BCUT2D eigenvalue weighted by atomic mass is 9.97. The zero-order chi connectivity index (χ0) is 16.3. The van der Waals surface area contributed by atoms with Crippen LogP contribution in [0.25, 0.3) is 10.1 Å². The van der Waals surface area contributed by atoms with Gasteiger partial charge >= 0.3 is 5.97 Å². The molecular formula is C16H18FNO3S. The second-order valence-corrected chi connectivity index (χ2v) is 6.75. The number of carboxylic acid groups (broad SMARTS) is 1. The summed E-state index contributed by atoms with van der Waals surface area (Å²) in [5, 5.41) is 12.5. The smallest absolute Gasteiger partial charge is 0.308 e. The largest absolute Gasteiger partial charge is 0.481 e. The number of carbonyl (C=O) groups excluding carboxylic acids is 1. The van der Waals surface area contributed by atoms with Crippen LogP contribution in [0.4, 0.5) is 4.39 Å². The van der Waals surface area contributed by atoms with E-state index in [1.807, 2.05) is 13.8 Å². The zero-order valence-electron chi connectivity index (χ0n) is 12.4. The maximum Gasteiger partial charge on any atom is 0.308 e. The SMILES string of the molecule is CC(C)CC(CNC(=O)c1cc2cc(F)ccc2s1)C(=O)O. The number of amides is 1. The number of fused-ring (bicyclic) bond motifs is 1. The maximum atomic E-state index is 13.1. The van der Waals surface area contributed by atoms with Crippen molar-refractivity contribution in [1.29, 1.82) is 0 Å². The van der Waals surface area contributed by atoms with Gasteiger partial charge in [-0.3, -0.25) is 9.59 Å². The second-order valence-electron chi connectivity index (χ2n) is 5.67. The van der Waals surface area contributed by atoms with Crippen molar-refractivity contribution in [3.8, 4) is 0 Å². The first kappa shape index (κ1) is 16.4. The minimum atomic E-state index is -0.910. The number of rotatable bonds is 6. The molecule has 0 saturated carbocycles. The van der Waals surface area contributed by atoms with Gasteiger partial charge in [-0.15, -0.1) is 11.3 Å². The summed E-state index contributed by atoms with van der Waals surface area (Å²) in [6.07, 6.45) is 0.507. The van der Waals surface area contributed by atoms with Crippen molar-refractivity contribution in [2.45, 2.75) is 20.3 Å². The first-order valence-corrected chi connectivity index (χ1v) is 7.88. The zero-order valence-corrected chi connectivity index (χ0v) is 13.2. The summed E-state index contributed by atoms with van der Waals surface area (Å²) in [5.41, 5.74) is 0. The number of halogens is 1. The molecule has 0 saturated heterocycles. The molecule has 0 aliphatic carbocycles. The van der Waals surface area contributed by atoms with Crippen molar-refractivity contribution >= 4 is 33.3 Å². The van der Waals surface area contributed by atoms with Crippen LogP contribution in [0.5, 0.6) is 0 Å². The summed E-state index contributed by atoms with van der Waals surface area (Å²) < 4.78 is 14.0. The average molecular weight is 323 g/mol. The third kappa shape index (κ3) is 4.04. The van der Waals surface area contributed by atoms with E-state index in [9.17, 15) is 14.0 Å². The van der Waals surface area contributed by atoms with E-state index in [0.29, 0.717) is 16.7 Å². The lowest BCUT2D eigenvalue weighted by Gasteiger charge is -2.14. The topological polar surface area (TPSA) is 66.4 Å². The van der Waals surface area contributed by atoms with E-state index < -0.39 is 11.9 Å². The molecule has 0 fully saturated rings. The van der Waals surface area contributed by atoms with Gasteiger partial charge in [0.05, 0.1) is 10.8 Å². The highest BCUT2D eigenvalue weighted by Gasteiger charge is 2.20.